The van der Waals surface area contributed by atoms with Gasteiger partial charge in [-0.1, -0.05) is 29.8 Å². The zero-order valence-corrected chi connectivity index (χ0v) is 20.3. The molecule has 2 amide bonds. The van der Waals surface area contributed by atoms with Crippen molar-refractivity contribution in [3.8, 4) is 0 Å². The molecule has 0 bridgehead atoms. The monoisotopic (exact) mass is 510 g/mol. The summed E-state index contributed by atoms with van der Waals surface area (Å²) in [4.78, 5) is 41.1. The minimum Gasteiger partial charge on any atom is -0.478 e. The lowest BCUT2D eigenvalue weighted by atomic mass is 10.0. The maximum absolute atomic E-state index is 13.6. The van der Waals surface area contributed by atoms with Gasteiger partial charge in [-0.15, -0.1) is 0 Å². The molecule has 0 atom stereocenters. The highest BCUT2D eigenvalue weighted by Gasteiger charge is 2.50. The number of carboxylic acids is 1. The summed E-state index contributed by atoms with van der Waals surface area (Å²) >= 11 is 5.85. The van der Waals surface area contributed by atoms with Gasteiger partial charge in [-0.25, -0.2) is 9.18 Å². The Morgan fingerprint density at radius 2 is 1.86 bits per heavy atom. The lowest BCUT2D eigenvalue weighted by Gasteiger charge is -2.31. The highest BCUT2D eigenvalue weighted by molar-refractivity contribution is 6.30. The third kappa shape index (κ3) is 4.24. The second-order valence-corrected chi connectivity index (χ2v) is 9.65. The van der Waals surface area contributed by atoms with Gasteiger partial charge in [-0.3, -0.25) is 14.3 Å². The van der Waals surface area contributed by atoms with Crippen molar-refractivity contribution in [1.29, 1.82) is 0 Å². The van der Waals surface area contributed by atoms with E-state index in [0.717, 1.165) is 18.4 Å². The van der Waals surface area contributed by atoms with Crippen LogP contribution in [0, 0.1) is 5.82 Å². The maximum atomic E-state index is 13.6. The molecule has 8 nitrogen and oxygen atoms in total. The Kier molecular flexibility index (Phi) is 6.04. The number of nitrogens with zero attached hydrogens (tertiary/aromatic N) is 4. The van der Waals surface area contributed by atoms with Gasteiger partial charge >= 0.3 is 5.97 Å². The summed E-state index contributed by atoms with van der Waals surface area (Å²) in [5.74, 6) is -1.87. The normalized spacial score (nSPS) is 15.8. The Morgan fingerprint density at radius 1 is 1.14 bits per heavy atom. The van der Waals surface area contributed by atoms with Crippen molar-refractivity contribution in [3.63, 3.8) is 0 Å². The van der Waals surface area contributed by atoms with Crippen molar-refractivity contribution >= 4 is 29.4 Å². The van der Waals surface area contributed by atoms with Gasteiger partial charge in [0.15, 0.2) is 0 Å². The molecule has 0 radical (unpaired) electrons. The van der Waals surface area contributed by atoms with E-state index in [1.54, 1.807) is 52.0 Å². The molecule has 0 saturated heterocycles. The van der Waals surface area contributed by atoms with Gasteiger partial charge in [0.2, 0.25) is 5.91 Å². The average Bonchev–Trinajstić information content (AvgIpc) is 3.58. The maximum Gasteiger partial charge on any atom is 0.335 e. The van der Waals surface area contributed by atoms with Crippen LogP contribution in [0.2, 0.25) is 5.02 Å². The second kappa shape index (κ2) is 9.05. The molecule has 0 unspecified atom stereocenters. The van der Waals surface area contributed by atoms with E-state index in [0.29, 0.717) is 29.9 Å². The van der Waals surface area contributed by atoms with E-state index >= 15 is 0 Å². The van der Waals surface area contributed by atoms with E-state index in [1.165, 1.54) is 18.2 Å². The lowest BCUT2D eigenvalue weighted by Crippen LogP contribution is -2.41. The van der Waals surface area contributed by atoms with Crippen molar-refractivity contribution in [3.05, 3.63) is 87.4 Å². The molecule has 186 valence electrons. The molecule has 2 heterocycles. The number of halogens is 2. The number of benzene rings is 2. The Bertz CT molecular complexity index is 1370. The molecule has 1 N–H and O–H groups in total. The second-order valence-electron chi connectivity index (χ2n) is 9.25. The number of amides is 2. The fraction of sp³-hybridized carbons (Fsp3) is 0.308. The molecule has 1 aliphatic carbocycles. The highest BCUT2D eigenvalue weighted by atomic mass is 35.5. The predicted molar refractivity (Wildman–Crippen MR) is 129 cm³/mol. The molecular weight excluding hydrogens is 487 g/mol. The number of hydrogen-bond acceptors (Lipinski definition) is 4. The van der Waals surface area contributed by atoms with Gasteiger partial charge in [-0.2, -0.15) is 5.10 Å². The molecule has 1 aliphatic heterocycles. The summed E-state index contributed by atoms with van der Waals surface area (Å²) in [5.41, 5.74) is 2.32. The van der Waals surface area contributed by atoms with Crippen LogP contribution in [0.15, 0.2) is 48.7 Å². The van der Waals surface area contributed by atoms with Crippen molar-refractivity contribution in [2.45, 2.75) is 37.9 Å². The fourth-order valence-corrected chi connectivity index (χ4v) is 5.01. The SMILES string of the molecule is CN(C(=O)c1cnn2c1CN(C(=O)Cc1ccc(F)c(Cl)c1)CC2)C1(c2ccc(C(=O)O)cc2)CC1. The lowest BCUT2D eigenvalue weighted by molar-refractivity contribution is -0.132. The number of rotatable bonds is 6. The topological polar surface area (TPSA) is 95.7 Å². The summed E-state index contributed by atoms with van der Waals surface area (Å²) in [6, 6.07) is 10.9. The van der Waals surface area contributed by atoms with Crippen LogP contribution in [-0.4, -0.2) is 56.1 Å². The van der Waals surface area contributed by atoms with Gasteiger partial charge in [-0.05, 0) is 48.2 Å². The van der Waals surface area contributed by atoms with E-state index < -0.39 is 17.3 Å². The van der Waals surface area contributed by atoms with Crippen molar-refractivity contribution < 1.29 is 23.9 Å². The molecule has 1 saturated carbocycles. The van der Waals surface area contributed by atoms with Gasteiger partial charge in [0.05, 0.1) is 53.1 Å². The first-order valence-corrected chi connectivity index (χ1v) is 12.0. The van der Waals surface area contributed by atoms with Crippen LogP contribution in [-0.2, 0) is 29.8 Å². The van der Waals surface area contributed by atoms with E-state index in [-0.39, 0.29) is 35.4 Å². The summed E-state index contributed by atoms with van der Waals surface area (Å²) in [5, 5.41) is 13.5. The molecule has 1 fully saturated rings. The Hall–Kier alpha value is -3.72. The van der Waals surface area contributed by atoms with Crippen LogP contribution in [0.5, 0.6) is 0 Å². The average molecular weight is 511 g/mol. The molecule has 10 heteroatoms. The van der Waals surface area contributed by atoms with Crippen LogP contribution in [0.25, 0.3) is 0 Å². The van der Waals surface area contributed by atoms with E-state index in [4.69, 9.17) is 11.6 Å². The van der Waals surface area contributed by atoms with Gasteiger partial charge in [0.25, 0.3) is 5.91 Å². The molecule has 3 aromatic rings. The molecule has 2 aromatic carbocycles. The van der Waals surface area contributed by atoms with Crippen molar-refractivity contribution in [2.75, 3.05) is 13.6 Å². The Morgan fingerprint density at radius 3 is 2.50 bits per heavy atom. The molecule has 2 aliphatic rings. The summed E-state index contributed by atoms with van der Waals surface area (Å²) in [7, 11) is 1.74. The molecule has 36 heavy (non-hydrogen) atoms. The van der Waals surface area contributed by atoms with Crippen molar-refractivity contribution in [2.24, 2.45) is 0 Å². The quantitative estimate of drug-likeness (QED) is 0.545. The minimum absolute atomic E-state index is 0.0282. The fourth-order valence-electron chi connectivity index (χ4n) is 4.81. The highest BCUT2D eigenvalue weighted by Crippen LogP contribution is 2.51. The van der Waals surface area contributed by atoms with Crippen LogP contribution in [0.4, 0.5) is 4.39 Å². The number of fused-ring (bicyclic) bond motifs is 1. The number of carbonyl (C=O) groups is 3. The first-order valence-electron chi connectivity index (χ1n) is 11.6. The first-order chi connectivity index (χ1) is 17.2. The Balaban J connectivity index is 1.33. The number of aromatic nitrogens is 2. The van der Waals surface area contributed by atoms with E-state index in [9.17, 15) is 23.9 Å². The summed E-state index contributed by atoms with van der Waals surface area (Å²) in [6.07, 6.45) is 3.17. The van der Waals surface area contributed by atoms with Crippen LogP contribution < -0.4 is 0 Å². The molecule has 0 spiro atoms. The Labute approximate surface area is 211 Å². The molecule has 5 rings (SSSR count). The van der Waals surface area contributed by atoms with Crippen LogP contribution in [0.1, 0.15) is 50.4 Å². The smallest absolute Gasteiger partial charge is 0.335 e. The number of carboxylic acid groups (broad SMARTS) is 1. The van der Waals surface area contributed by atoms with Crippen LogP contribution in [0.3, 0.4) is 0 Å². The van der Waals surface area contributed by atoms with Gasteiger partial charge in [0, 0.05) is 13.6 Å². The number of aromatic carboxylic acids is 1. The minimum atomic E-state index is -0.996. The largest absolute Gasteiger partial charge is 0.478 e. The van der Waals surface area contributed by atoms with E-state index in [2.05, 4.69) is 5.10 Å². The zero-order valence-electron chi connectivity index (χ0n) is 19.6. The standard InChI is InChI=1S/C26H24ClFN4O4/c1-30(26(8-9-26)18-5-3-17(4-6-18)25(35)36)24(34)19-14-29-32-11-10-31(15-22(19)32)23(33)13-16-2-7-21(28)20(27)12-16/h2-7,12,14H,8-11,13,15H2,1H3,(H,35,36). The third-order valence-electron chi connectivity index (χ3n) is 7.13. The number of hydrogen-bond donors (Lipinski definition) is 1. The third-order valence-corrected chi connectivity index (χ3v) is 7.42. The number of carbonyl (C=O) groups excluding carboxylic acids is 2. The van der Waals surface area contributed by atoms with E-state index in [1.807, 2.05) is 0 Å². The predicted octanol–water partition coefficient (Wildman–Crippen LogP) is 3.72. The zero-order chi connectivity index (χ0) is 25.6. The van der Waals surface area contributed by atoms with Crippen molar-refractivity contribution in [1.82, 2.24) is 19.6 Å². The molecular formula is C26H24ClFN4O4. The van der Waals surface area contributed by atoms with Gasteiger partial charge in [0.1, 0.15) is 5.82 Å². The summed E-state index contributed by atoms with van der Waals surface area (Å²) in [6.45, 7) is 1.15. The summed E-state index contributed by atoms with van der Waals surface area (Å²) < 4.78 is 15.2. The first kappa shape index (κ1) is 24.0. The molecule has 1 aromatic heterocycles. The van der Waals surface area contributed by atoms with Crippen LogP contribution >= 0.6 is 11.6 Å². The van der Waals surface area contributed by atoms with Gasteiger partial charge < -0.3 is 14.9 Å².